The first-order valence-corrected chi connectivity index (χ1v) is 10.1. The molecule has 0 heterocycles. The Balaban J connectivity index is 1.89. The van der Waals surface area contributed by atoms with Gasteiger partial charge in [-0.05, 0) is 51.5 Å². The first-order valence-electron chi connectivity index (χ1n) is 10.1. The molecule has 8 nitrogen and oxygen atoms in total. The van der Waals surface area contributed by atoms with E-state index in [0.29, 0.717) is 18.9 Å². The number of hydrogen-bond donors (Lipinski definition) is 2. The molecule has 1 saturated carbocycles. The van der Waals surface area contributed by atoms with Gasteiger partial charge in [-0.25, -0.2) is 4.79 Å². The van der Waals surface area contributed by atoms with Crippen LogP contribution in [0.4, 0.5) is 10.5 Å². The Bertz CT molecular complexity index is 723. The molecule has 0 aromatic heterocycles. The number of nitrogens with zero attached hydrogens (tertiary/aromatic N) is 1. The number of benzene rings is 1. The van der Waals surface area contributed by atoms with Crippen LogP contribution in [-0.4, -0.2) is 35.1 Å². The zero-order chi connectivity index (χ0) is 21.4. The zero-order valence-electron chi connectivity index (χ0n) is 17.4. The van der Waals surface area contributed by atoms with E-state index in [2.05, 4.69) is 10.6 Å². The van der Waals surface area contributed by atoms with Crippen molar-refractivity contribution in [2.75, 3.05) is 6.54 Å². The molecule has 0 spiro atoms. The predicted molar refractivity (Wildman–Crippen MR) is 110 cm³/mol. The van der Waals surface area contributed by atoms with E-state index in [-0.39, 0.29) is 24.1 Å². The second kappa shape index (κ2) is 10.2. The number of nitro groups is 1. The van der Waals surface area contributed by atoms with E-state index in [9.17, 15) is 19.7 Å². The highest BCUT2D eigenvalue weighted by Crippen LogP contribution is 2.27. The number of aryl methyl sites for hydroxylation is 1. The number of rotatable bonds is 8. The Kier molecular flexibility index (Phi) is 7.99. The summed E-state index contributed by atoms with van der Waals surface area (Å²) >= 11 is 0. The summed E-state index contributed by atoms with van der Waals surface area (Å²) in [7, 11) is 0. The van der Waals surface area contributed by atoms with Gasteiger partial charge in [0.05, 0.1) is 4.92 Å². The highest BCUT2D eigenvalue weighted by molar-refractivity contribution is 5.76. The van der Waals surface area contributed by atoms with Gasteiger partial charge >= 0.3 is 6.09 Å². The third-order valence-electron chi connectivity index (χ3n) is 4.94. The topological polar surface area (TPSA) is 111 Å². The summed E-state index contributed by atoms with van der Waals surface area (Å²) < 4.78 is 5.27. The third-order valence-corrected chi connectivity index (χ3v) is 4.94. The molecule has 2 amide bonds. The molecule has 1 unspecified atom stereocenters. The Hall–Kier alpha value is -2.64. The molecule has 0 radical (unpaired) electrons. The molecule has 0 bridgehead atoms. The van der Waals surface area contributed by atoms with Crippen LogP contribution in [0.25, 0.3) is 0 Å². The smallest absolute Gasteiger partial charge is 0.407 e. The number of nitrogens with one attached hydrogen (secondary N) is 2. The van der Waals surface area contributed by atoms with Crippen molar-refractivity contribution in [3.63, 3.8) is 0 Å². The van der Waals surface area contributed by atoms with Gasteiger partial charge in [0.2, 0.25) is 5.91 Å². The summed E-state index contributed by atoms with van der Waals surface area (Å²) in [5, 5.41) is 16.7. The molecule has 29 heavy (non-hydrogen) atoms. The van der Waals surface area contributed by atoms with Crippen LogP contribution >= 0.6 is 0 Å². The number of carbonyl (C=O) groups is 2. The lowest BCUT2D eigenvalue weighted by Crippen LogP contribution is -2.48. The van der Waals surface area contributed by atoms with Crippen LogP contribution in [-0.2, 0) is 16.0 Å². The number of non-ortho nitro benzene ring substituents is 1. The summed E-state index contributed by atoms with van der Waals surface area (Å²) in [4.78, 5) is 34.9. The molecule has 8 heteroatoms. The maximum atomic E-state index is 12.5. The zero-order valence-corrected chi connectivity index (χ0v) is 17.4. The van der Waals surface area contributed by atoms with Crippen molar-refractivity contribution in [2.45, 2.75) is 70.9 Å². The molecule has 1 fully saturated rings. The minimum atomic E-state index is -0.575. The third kappa shape index (κ3) is 8.09. The van der Waals surface area contributed by atoms with Crippen LogP contribution in [0.5, 0.6) is 0 Å². The van der Waals surface area contributed by atoms with Gasteiger partial charge in [-0.1, -0.05) is 25.0 Å². The van der Waals surface area contributed by atoms with Gasteiger partial charge < -0.3 is 15.4 Å². The maximum absolute atomic E-state index is 12.5. The van der Waals surface area contributed by atoms with E-state index < -0.39 is 16.6 Å². The molecule has 160 valence electrons. The van der Waals surface area contributed by atoms with Gasteiger partial charge in [-0.15, -0.1) is 0 Å². The molecule has 2 N–H and O–H groups in total. The van der Waals surface area contributed by atoms with Crippen LogP contribution in [0.1, 0.15) is 58.4 Å². The minimum Gasteiger partial charge on any atom is -0.444 e. The second-order valence-electron chi connectivity index (χ2n) is 8.53. The molecular formula is C21H31N3O5. The van der Waals surface area contributed by atoms with Gasteiger partial charge in [0, 0.05) is 31.1 Å². The summed E-state index contributed by atoms with van der Waals surface area (Å²) in [6, 6.07) is 6.17. The summed E-state index contributed by atoms with van der Waals surface area (Å²) in [6.07, 6.45) is 4.44. The fourth-order valence-electron chi connectivity index (χ4n) is 3.57. The highest BCUT2D eigenvalue weighted by Gasteiger charge is 2.27. The number of alkyl carbamates (subject to hydrolysis) is 1. The lowest BCUT2D eigenvalue weighted by atomic mass is 9.97. The highest BCUT2D eigenvalue weighted by atomic mass is 16.6. The number of amides is 2. The van der Waals surface area contributed by atoms with Crippen LogP contribution in [0.3, 0.4) is 0 Å². The van der Waals surface area contributed by atoms with Crippen LogP contribution in [0, 0.1) is 16.0 Å². The van der Waals surface area contributed by atoms with Crippen LogP contribution in [0.2, 0.25) is 0 Å². The lowest BCUT2D eigenvalue weighted by Gasteiger charge is -2.26. The van der Waals surface area contributed by atoms with Gasteiger partial charge in [0.25, 0.3) is 5.69 Å². The quantitative estimate of drug-likeness (QED) is 0.506. The molecule has 0 aliphatic heterocycles. The second-order valence-corrected chi connectivity index (χ2v) is 8.53. The van der Waals surface area contributed by atoms with Gasteiger partial charge in [0.15, 0.2) is 0 Å². The first kappa shape index (κ1) is 22.6. The van der Waals surface area contributed by atoms with E-state index >= 15 is 0 Å². The SMILES string of the molecule is CC(C)(C)OC(=O)NCC(NC(=O)CCc1cccc([N+](=O)[O-])c1)C1CCCC1. The molecule has 0 saturated heterocycles. The van der Waals surface area contributed by atoms with Crippen molar-refractivity contribution in [2.24, 2.45) is 5.92 Å². The molecule has 1 atom stereocenters. The normalized spacial score (nSPS) is 15.6. The molecule has 2 rings (SSSR count). The standard InChI is InChI=1S/C21H31N3O5/c1-21(2,3)29-20(26)22-14-18(16-8-4-5-9-16)23-19(25)12-11-15-7-6-10-17(13-15)24(27)28/h6-7,10,13,16,18H,4-5,8-9,11-12,14H2,1-3H3,(H,22,26)(H,23,25). The average Bonchev–Trinajstić information content (AvgIpc) is 3.17. The molecular weight excluding hydrogens is 374 g/mol. The fraction of sp³-hybridized carbons (Fsp3) is 0.619. The Morgan fingerprint density at radius 3 is 2.59 bits per heavy atom. The summed E-state index contributed by atoms with van der Waals surface area (Å²) in [5.74, 6) is 0.200. The first-order chi connectivity index (χ1) is 13.6. The molecule has 1 aromatic rings. The van der Waals surface area contributed by atoms with Crippen LogP contribution in [0.15, 0.2) is 24.3 Å². The van der Waals surface area contributed by atoms with Crippen molar-refractivity contribution < 1.29 is 19.2 Å². The van der Waals surface area contributed by atoms with E-state index in [1.54, 1.807) is 32.9 Å². The predicted octanol–water partition coefficient (Wildman–Crippen LogP) is 3.73. The Labute approximate surface area is 171 Å². The van der Waals surface area contributed by atoms with Crippen LogP contribution < -0.4 is 10.6 Å². The van der Waals surface area contributed by atoms with Crippen molar-refractivity contribution in [3.05, 3.63) is 39.9 Å². The van der Waals surface area contributed by atoms with Gasteiger partial charge in [-0.2, -0.15) is 0 Å². The Morgan fingerprint density at radius 2 is 1.97 bits per heavy atom. The minimum absolute atomic E-state index is 0.0216. The Morgan fingerprint density at radius 1 is 1.28 bits per heavy atom. The monoisotopic (exact) mass is 405 g/mol. The number of nitro benzene ring substituents is 1. The van der Waals surface area contributed by atoms with E-state index in [1.807, 2.05) is 0 Å². The van der Waals surface area contributed by atoms with Crippen molar-refractivity contribution in [3.8, 4) is 0 Å². The maximum Gasteiger partial charge on any atom is 0.407 e. The lowest BCUT2D eigenvalue weighted by molar-refractivity contribution is -0.384. The van der Waals surface area contributed by atoms with E-state index in [1.165, 1.54) is 12.1 Å². The van der Waals surface area contributed by atoms with Crippen molar-refractivity contribution >= 4 is 17.7 Å². The fourth-order valence-corrected chi connectivity index (χ4v) is 3.57. The number of hydrogen-bond acceptors (Lipinski definition) is 5. The average molecular weight is 405 g/mol. The summed E-state index contributed by atoms with van der Waals surface area (Å²) in [6.45, 7) is 5.73. The van der Waals surface area contributed by atoms with Crippen molar-refractivity contribution in [1.82, 2.24) is 10.6 Å². The largest absolute Gasteiger partial charge is 0.444 e. The summed E-state index contributed by atoms with van der Waals surface area (Å²) in [5.41, 5.74) is 0.195. The number of carbonyl (C=O) groups excluding carboxylic acids is 2. The molecule has 1 aromatic carbocycles. The molecule has 1 aliphatic carbocycles. The number of ether oxygens (including phenoxy) is 1. The molecule has 1 aliphatic rings. The van der Waals surface area contributed by atoms with Gasteiger partial charge in [-0.3, -0.25) is 14.9 Å². The van der Waals surface area contributed by atoms with E-state index in [0.717, 1.165) is 31.2 Å². The van der Waals surface area contributed by atoms with Gasteiger partial charge in [0.1, 0.15) is 5.60 Å². The van der Waals surface area contributed by atoms with Crippen molar-refractivity contribution in [1.29, 1.82) is 0 Å². The van der Waals surface area contributed by atoms with E-state index in [4.69, 9.17) is 4.74 Å².